The van der Waals surface area contributed by atoms with E-state index in [1.807, 2.05) is 41.9 Å². The van der Waals surface area contributed by atoms with Gasteiger partial charge in [0.05, 0.1) is 18.3 Å². The molecular formula is C22H25N3O3. The lowest BCUT2D eigenvalue weighted by Crippen LogP contribution is -2.41. The Morgan fingerprint density at radius 2 is 2.11 bits per heavy atom. The molecule has 1 aliphatic rings. The van der Waals surface area contributed by atoms with Gasteiger partial charge in [0.2, 0.25) is 5.43 Å². The number of hydrogen-bond acceptors (Lipinski definition) is 4. The molecule has 28 heavy (non-hydrogen) atoms. The number of carbonyl (C=O) groups excluding carboxylic acids is 1. The number of para-hydroxylation sites is 1. The number of aryl methyl sites for hydroxylation is 1. The third-order valence-electron chi connectivity index (χ3n) is 5.45. The summed E-state index contributed by atoms with van der Waals surface area (Å²) in [7, 11) is 1.85. The van der Waals surface area contributed by atoms with Crippen LogP contribution in [0, 0.1) is 5.92 Å². The summed E-state index contributed by atoms with van der Waals surface area (Å²) in [5, 5.41) is 3.55. The first-order chi connectivity index (χ1) is 13.6. The second-order valence-electron chi connectivity index (χ2n) is 7.53. The molecule has 6 nitrogen and oxygen atoms in total. The summed E-state index contributed by atoms with van der Waals surface area (Å²) in [5.74, 6) is 1.04. The number of aromatic nitrogens is 1. The number of rotatable bonds is 5. The third-order valence-corrected chi connectivity index (χ3v) is 5.45. The molecule has 3 heterocycles. The predicted molar refractivity (Wildman–Crippen MR) is 108 cm³/mol. The molecule has 146 valence electrons. The molecule has 0 unspecified atom stereocenters. The lowest BCUT2D eigenvalue weighted by atomic mass is 9.97. The lowest BCUT2D eigenvalue weighted by molar-refractivity contribution is 0.0926. The highest BCUT2D eigenvalue weighted by Gasteiger charge is 2.22. The van der Waals surface area contributed by atoms with Crippen LogP contribution in [0.3, 0.4) is 0 Å². The summed E-state index contributed by atoms with van der Waals surface area (Å²) in [6, 6.07) is 11.2. The topological polar surface area (TPSA) is 67.5 Å². The maximum atomic E-state index is 12.7. The largest absolute Gasteiger partial charge is 0.468 e. The number of furan rings is 1. The first-order valence-electron chi connectivity index (χ1n) is 9.73. The van der Waals surface area contributed by atoms with E-state index < -0.39 is 0 Å². The minimum Gasteiger partial charge on any atom is -0.468 e. The van der Waals surface area contributed by atoms with E-state index in [2.05, 4.69) is 10.2 Å². The second-order valence-corrected chi connectivity index (χ2v) is 7.53. The fraction of sp³-hybridized carbons (Fsp3) is 0.364. The highest BCUT2D eigenvalue weighted by Crippen LogP contribution is 2.18. The number of fused-ring (bicyclic) bond motifs is 1. The second kappa shape index (κ2) is 8.02. The predicted octanol–water partition coefficient (Wildman–Crippen LogP) is 2.77. The summed E-state index contributed by atoms with van der Waals surface area (Å²) in [6.45, 7) is 3.32. The molecule has 1 atom stereocenters. The van der Waals surface area contributed by atoms with Crippen LogP contribution in [0.25, 0.3) is 10.9 Å². The summed E-state index contributed by atoms with van der Waals surface area (Å²) < 4.78 is 7.27. The van der Waals surface area contributed by atoms with Gasteiger partial charge in [-0.05, 0) is 49.6 Å². The zero-order chi connectivity index (χ0) is 19.5. The van der Waals surface area contributed by atoms with E-state index in [0.29, 0.717) is 17.8 Å². The molecule has 1 N–H and O–H groups in total. The minimum atomic E-state index is -0.297. The van der Waals surface area contributed by atoms with Gasteiger partial charge in [-0.1, -0.05) is 12.1 Å². The van der Waals surface area contributed by atoms with E-state index in [9.17, 15) is 9.59 Å². The van der Waals surface area contributed by atoms with Gasteiger partial charge in [0.15, 0.2) is 0 Å². The van der Waals surface area contributed by atoms with Crippen LogP contribution in [-0.4, -0.2) is 35.0 Å². The van der Waals surface area contributed by atoms with Gasteiger partial charge in [-0.25, -0.2) is 0 Å². The number of hydrogen-bond donors (Lipinski definition) is 1. The van der Waals surface area contributed by atoms with Crippen molar-refractivity contribution >= 4 is 16.8 Å². The molecule has 1 amide bonds. The quantitative estimate of drug-likeness (QED) is 0.740. The van der Waals surface area contributed by atoms with E-state index in [-0.39, 0.29) is 16.9 Å². The summed E-state index contributed by atoms with van der Waals surface area (Å²) in [4.78, 5) is 27.8. The Labute approximate surface area is 163 Å². The van der Waals surface area contributed by atoms with Crippen molar-refractivity contribution in [1.82, 2.24) is 14.8 Å². The van der Waals surface area contributed by atoms with Crippen LogP contribution in [-0.2, 0) is 13.6 Å². The smallest absolute Gasteiger partial charge is 0.256 e. The number of carbonyl (C=O) groups is 1. The summed E-state index contributed by atoms with van der Waals surface area (Å²) in [5.41, 5.74) is 0.809. The third kappa shape index (κ3) is 3.87. The number of amides is 1. The van der Waals surface area contributed by atoms with Gasteiger partial charge in [-0.3, -0.25) is 14.5 Å². The highest BCUT2D eigenvalue weighted by atomic mass is 16.3. The highest BCUT2D eigenvalue weighted by molar-refractivity contribution is 5.97. The van der Waals surface area contributed by atoms with Gasteiger partial charge in [0, 0.05) is 31.7 Å². The molecular weight excluding hydrogens is 354 g/mol. The molecule has 0 bridgehead atoms. The molecule has 0 aliphatic carbocycles. The zero-order valence-electron chi connectivity index (χ0n) is 16.1. The SMILES string of the molecule is Cn1cc(C(=O)NC[C@H]2CCCN(Cc3ccco3)C2)c(=O)c2ccccc21. The molecule has 1 aromatic carbocycles. The molecule has 0 radical (unpaired) electrons. The fourth-order valence-corrected chi connectivity index (χ4v) is 4.02. The van der Waals surface area contributed by atoms with Crippen molar-refractivity contribution in [2.24, 2.45) is 13.0 Å². The first kappa shape index (κ1) is 18.5. The molecule has 2 aromatic heterocycles. The summed E-state index contributed by atoms with van der Waals surface area (Å²) >= 11 is 0. The van der Waals surface area contributed by atoms with E-state index in [1.165, 1.54) is 0 Å². The van der Waals surface area contributed by atoms with Crippen LogP contribution in [0.2, 0.25) is 0 Å². The van der Waals surface area contributed by atoms with Crippen LogP contribution >= 0.6 is 0 Å². The number of pyridine rings is 1. The molecule has 1 fully saturated rings. The van der Waals surface area contributed by atoms with Crippen LogP contribution in [0.4, 0.5) is 0 Å². The number of nitrogens with one attached hydrogen (secondary N) is 1. The Hall–Kier alpha value is -2.86. The zero-order valence-corrected chi connectivity index (χ0v) is 16.1. The molecule has 4 rings (SSSR count). The number of piperidine rings is 1. The maximum absolute atomic E-state index is 12.7. The summed E-state index contributed by atoms with van der Waals surface area (Å²) in [6.07, 6.45) is 5.49. The van der Waals surface area contributed by atoms with Crippen molar-refractivity contribution in [1.29, 1.82) is 0 Å². The van der Waals surface area contributed by atoms with E-state index in [4.69, 9.17) is 4.42 Å². The minimum absolute atomic E-state index is 0.199. The maximum Gasteiger partial charge on any atom is 0.256 e. The molecule has 6 heteroatoms. The van der Waals surface area contributed by atoms with Gasteiger partial charge in [-0.15, -0.1) is 0 Å². The van der Waals surface area contributed by atoms with Gasteiger partial charge in [0.1, 0.15) is 11.3 Å². The van der Waals surface area contributed by atoms with Crippen molar-refractivity contribution in [3.63, 3.8) is 0 Å². The Morgan fingerprint density at radius 1 is 1.25 bits per heavy atom. The van der Waals surface area contributed by atoms with Crippen molar-refractivity contribution < 1.29 is 9.21 Å². The number of benzene rings is 1. The number of nitrogens with zero attached hydrogens (tertiary/aromatic N) is 2. The molecule has 1 aliphatic heterocycles. The van der Waals surface area contributed by atoms with E-state index in [1.54, 1.807) is 18.5 Å². The average Bonchev–Trinajstić information content (AvgIpc) is 3.22. The number of likely N-dealkylation sites (tertiary alicyclic amines) is 1. The van der Waals surface area contributed by atoms with E-state index >= 15 is 0 Å². The fourth-order valence-electron chi connectivity index (χ4n) is 4.02. The van der Waals surface area contributed by atoms with Crippen LogP contribution in [0.15, 0.2) is 58.1 Å². The standard InChI is InChI=1S/C22H25N3O3/c1-24-15-19(21(26)18-8-2-3-9-20(18)24)22(27)23-12-16-6-4-10-25(13-16)14-17-7-5-11-28-17/h2-3,5,7-9,11,15-16H,4,6,10,12-14H2,1H3,(H,23,27)/t16-/m1/s1. The normalized spacial score (nSPS) is 17.7. The Morgan fingerprint density at radius 3 is 2.93 bits per heavy atom. The van der Waals surface area contributed by atoms with Crippen LogP contribution < -0.4 is 10.7 Å². The Kier molecular flexibility index (Phi) is 5.30. The lowest BCUT2D eigenvalue weighted by Gasteiger charge is -2.32. The molecule has 1 saturated heterocycles. The Bertz CT molecular complexity index is 1020. The van der Waals surface area contributed by atoms with Crippen LogP contribution in [0.5, 0.6) is 0 Å². The van der Waals surface area contributed by atoms with Crippen molar-refractivity contribution in [2.75, 3.05) is 19.6 Å². The molecule has 3 aromatic rings. The molecule has 0 spiro atoms. The van der Waals surface area contributed by atoms with Crippen molar-refractivity contribution in [3.05, 3.63) is 70.4 Å². The van der Waals surface area contributed by atoms with Crippen molar-refractivity contribution in [3.8, 4) is 0 Å². The first-order valence-corrected chi connectivity index (χ1v) is 9.73. The Balaban J connectivity index is 1.41. The van der Waals surface area contributed by atoms with Gasteiger partial charge >= 0.3 is 0 Å². The molecule has 0 saturated carbocycles. The monoisotopic (exact) mass is 379 g/mol. The van der Waals surface area contributed by atoms with Crippen molar-refractivity contribution in [2.45, 2.75) is 19.4 Å². The van der Waals surface area contributed by atoms with Gasteiger partial charge in [0.25, 0.3) is 5.91 Å². The van der Waals surface area contributed by atoms with Gasteiger partial charge in [-0.2, -0.15) is 0 Å². The van der Waals surface area contributed by atoms with Crippen LogP contribution in [0.1, 0.15) is 29.0 Å². The van der Waals surface area contributed by atoms with E-state index in [0.717, 1.165) is 43.8 Å². The van der Waals surface area contributed by atoms with Gasteiger partial charge < -0.3 is 14.3 Å². The average molecular weight is 379 g/mol.